The predicted octanol–water partition coefficient (Wildman–Crippen LogP) is 3.89. The first-order valence-electron chi connectivity index (χ1n) is 10.3. The Morgan fingerprint density at radius 1 is 1.24 bits per heavy atom. The maximum atomic E-state index is 12.7. The zero-order valence-electron chi connectivity index (χ0n) is 18.5. The molecule has 0 aliphatic rings. The zero-order chi connectivity index (χ0) is 23.6. The molecule has 1 amide bonds. The summed E-state index contributed by atoms with van der Waals surface area (Å²) in [6.07, 6.45) is 0.703. The van der Waals surface area contributed by atoms with Gasteiger partial charge in [-0.3, -0.25) is 14.9 Å². The second kappa shape index (κ2) is 11.9. The number of carbonyl (C=O) groups is 1. The molecule has 0 saturated heterocycles. The van der Waals surface area contributed by atoms with Crippen molar-refractivity contribution in [1.82, 2.24) is 15.2 Å². The van der Waals surface area contributed by atoms with E-state index < -0.39 is 10.8 Å². The van der Waals surface area contributed by atoms with Gasteiger partial charge in [-0.05, 0) is 25.6 Å². The molecular weight excluding hydrogens is 444 g/mol. The molecule has 0 spiro atoms. The lowest BCUT2D eigenvalue weighted by Crippen LogP contribution is -2.28. The van der Waals surface area contributed by atoms with Crippen molar-refractivity contribution < 1.29 is 19.2 Å². The topological polar surface area (TPSA) is 107 Å². The standard InChI is InChI=1S/C23H26N4O5S/c1-26(13-17-7-4-3-5-8-17)10-6-9-24-23(28)19-11-21(31-2)22(12-20(19)27(29)30)32-14-18-15-33-16-25-18/h3-5,7-8,11-12,15-16H,6,9-10,13-14H2,1-2H3,(H,24,28). The van der Waals surface area contributed by atoms with Crippen LogP contribution in [0, 0.1) is 10.1 Å². The van der Waals surface area contributed by atoms with Crippen molar-refractivity contribution in [3.05, 3.63) is 80.3 Å². The van der Waals surface area contributed by atoms with Crippen molar-refractivity contribution in [1.29, 1.82) is 0 Å². The summed E-state index contributed by atoms with van der Waals surface area (Å²) in [5.74, 6) is -0.114. The second-order valence-electron chi connectivity index (χ2n) is 7.38. The third-order valence-electron chi connectivity index (χ3n) is 4.88. The number of aromatic nitrogens is 1. The van der Waals surface area contributed by atoms with Crippen molar-refractivity contribution >= 4 is 22.9 Å². The highest BCUT2D eigenvalue weighted by atomic mass is 32.1. The van der Waals surface area contributed by atoms with Crippen LogP contribution in [0.2, 0.25) is 0 Å². The zero-order valence-corrected chi connectivity index (χ0v) is 19.3. The average molecular weight is 471 g/mol. The molecule has 0 bridgehead atoms. The van der Waals surface area contributed by atoms with Crippen LogP contribution >= 0.6 is 11.3 Å². The number of carbonyl (C=O) groups excluding carboxylic acids is 1. The smallest absolute Gasteiger partial charge is 0.286 e. The summed E-state index contributed by atoms with van der Waals surface area (Å²) in [7, 11) is 3.43. The minimum Gasteiger partial charge on any atom is -0.493 e. The molecule has 33 heavy (non-hydrogen) atoms. The van der Waals surface area contributed by atoms with Crippen molar-refractivity contribution in [2.75, 3.05) is 27.2 Å². The van der Waals surface area contributed by atoms with Gasteiger partial charge >= 0.3 is 0 Å². The molecule has 1 N–H and O–H groups in total. The van der Waals surface area contributed by atoms with Gasteiger partial charge in [-0.1, -0.05) is 30.3 Å². The number of hydrogen-bond donors (Lipinski definition) is 1. The van der Waals surface area contributed by atoms with Gasteiger partial charge in [0.2, 0.25) is 0 Å². The molecule has 2 aromatic carbocycles. The Morgan fingerprint density at radius 3 is 2.70 bits per heavy atom. The summed E-state index contributed by atoms with van der Waals surface area (Å²) in [4.78, 5) is 30.0. The third-order valence-corrected chi connectivity index (χ3v) is 5.52. The van der Waals surface area contributed by atoms with Gasteiger partial charge in [-0.25, -0.2) is 4.98 Å². The molecule has 1 heterocycles. The highest BCUT2D eigenvalue weighted by molar-refractivity contribution is 7.07. The number of hydrogen-bond acceptors (Lipinski definition) is 8. The van der Waals surface area contributed by atoms with Crippen LogP contribution in [-0.2, 0) is 13.2 Å². The van der Waals surface area contributed by atoms with Crippen LogP contribution in [0.3, 0.4) is 0 Å². The number of nitrogens with zero attached hydrogens (tertiary/aromatic N) is 3. The monoisotopic (exact) mass is 470 g/mol. The van der Waals surface area contributed by atoms with E-state index in [0.717, 1.165) is 13.1 Å². The number of benzene rings is 2. The molecule has 0 atom stereocenters. The largest absolute Gasteiger partial charge is 0.493 e. The van der Waals surface area contributed by atoms with Crippen LogP contribution in [-0.4, -0.2) is 48.0 Å². The van der Waals surface area contributed by atoms with Crippen LogP contribution in [0.15, 0.2) is 53.4 Å². The summed E-state index contributed by atoms with van der Waals surface area (Å²) in [5.41, 5.74) is 3.16. The van der Waals surface area contributed by atoms with E-state index in [4.69, 9.17) is 9.47 Å². The first-order valence-corrected chi connectivity index (χ1v) is 11.3. The molecule has 3 rings (SSSR count). The fourth-order valence-electron chi connectivity index (χ4n) is 3.24. The molecule has 10 heteroatoms. The number of nitro groups is 1. The quantitative estimate of drug-likeness (QED) is 0.243. The van der Waals surface area contributed by atoms with E-state index in [0.29, 0.717) is 18.7 Å². The van der Waals surface area contributed by atoms with Crippen molar-refractivity contribution in [2.45, 2.75) is 19.6 Å². The van der Waals surface area contributed by atoms with Gasteiger partial charge in [0, 0.05) is 24.5 Å². The molecular formula is C23H26N4O5S. The molecule has 9 nitrogen and oxygen atoms in total. The number of nitro benzene ring substituents is 1. The van der Waals surface area contributed by atoms with Crippen LogP contribution in [0.4, 0.5) is 5.69 Å². The molecule has 0 unspecified atom stereocenters. The SMILES string of the molecule is COc1cc(C(=O)NCCCN(C)Cc2ccccc2)c([N+](=O)[O-])cc1OCc1cscn1. The maximum absolute atomic E-state index is 12.7. The van der Waals surface area contributed by atoms with Gasteiger partial charge in [0.15, 0.2) is 11.5 Å². The van der Waals surface area contributed by atoms with Gasteiger partial charge in [-0.2, -0.15) is 0 Å². The van der Waals surface area contributed by atoms with Crippen LogP contribution in [0.25, 0.3) is 0 Å². The Kier molecular flexibility index (Phi) is 8.73. The van der Waals surface area contributed by atoms with E-state index in [1.165, 1.54) is 36.1 Å². The number of nitrogens with one attached hydrogen (secondary N) is 1. The lowest BCUT2D eigenvalue weighted by atomic mass is 10.1. The number of amides is 1. The molecule has 0 saturated carbocycles. The number of methoxy groups -OCH3 is 1. The van der Waals surface area contributed by atoms with Crippen molar-refractivity contribution in [2.24, 2.45) is 0 Å². The van der Waals surface area contributed by atoms with Gasteiger partial charge in [0.05, 0.1) is 29.3 Å². The molecule has 0 aliphatic carbocycles. The number of rotatable bonds is 12. The fourth-order valence-corrected chi connectivity index (χ4v) is 3.78. The molecule has 174 valence electrons. The Hall–Kier alpha value is -3.50. The third kappa shape index (κ3) is 6.99. The first-order chi connectivity index (χ1) is 16.0. The molecule has 1 aromatic heterocycles. The van der Waals surface area contributed by atoms with E-state index in [1.807, 2.05) is 30.6 Å². The number of thiazole rings is 1. The van der Waals surface area contributed by atoms with Crippen LogP contribution in [0.5, 0.6) is 11.5 Å². The van der Waals surface area contributed by atoms with E-state index in [-0.39, 0.29) is 29.4 Å². The van der Waals surface area contributed by atoms with Crippen LogP contribution in [0.1, 0.15) is 28.0 Å². The lowest BCUT2D eigenvalue weighted by Gasteiger charge is -2.17. The summed E-state index contributed by atoms with van der Waals surface area (Å²) in [5, 5.41) is 16.2. The van der Waals surface area contributed by atoms with Gasteiger partial charge in [0.1, 0.15) is 12.2 Å². The fraction of sp³-hybridized carbons (Fsp3) is 0.304. The maximum Gasteiger partial charge on any atom is 0.286 e. The normalized spacial score (nSPS) is 10.8. The summed E-state index contributed by atoms with van der Waals surface area (Å²) < 4.78 is 11.0. The lowest BCUT2D eigenvalue weighted by molar-refractivity contribution is -0.385. The predicted molar refractivity (Wildman–Crippen MR) is 126 cm³/mol. The van der Waals surface area contributed by atoms with Crippen molar-refractivity contribution in [3.63, 3.8) is 0 Å². The highest BCUT2D eigenvalue weighted by Crippen LogP contribution is 2.35. The minimum absolute atomic E-state index is 0.0736. The van der Waals surface area contributed by atoms with Gasteiger partial charge in [-0.15, -0.1) is 11.3 Å². The molecule has 0 radical (unpaired) electrons. The van der Waals surface area contributed by atoms with E-state index in [2.05, 4.69) is 27.3 Å². The molecule has 3 aromatic rings. The molecule has 0 aliphatic heterocycles. The first kappa shape index (κ1) is 24.1. The summed E-state index contributed by atoms with van der Waals surface area (Å²) >= 11 is 1.42. The second-order valence-corrected chi connectivity index (χ2v) is 8.10. The Balaban J connectivity index is 1.59. The summed E-state index contributed by atoms with van der Waals surface area (Å²) in [6.45, 7) is 2.10. The van der Waals surface area contributed by atoms with E-state index in [9.17, 15) is 14.9 Å². The molecule has 0 fully saturated rings. The van der Waals surface area contributed by atoms with E-state index >= 15 is 0 Å². The average Bonchev–Trinajstić information content (AvgIpc) is 3.34. The van der Waals surface area contributed by atoms with Gasteiger partial charge in [0.25, 0.3) is 11.6 Å². The summed E-state index contributed by atoms with van der Waals surface area (Å²) in [6, 6.07) is 12.7. The Morgan fingerprint density at radius 2 is 2.03 bits per heavy atom. The van der Waals surface area contributed by atoms with Crippen molar-refractivity contribution in [3.8, 4) is 11.5 Å². The Labute approximate surface area is 196 Å². The van der Waals surface area contributed by atoms with Gasteiger partial charge < -0.3 is 19.7 Å². The minimum atomic E-state index is -0.600. The van der Waals surface area contributed by atoms with Crippen LogP contribution < -0.4 is 14.8 Å². The Bertz CT molecular complexity index is 1060. The number of ether oxygens (including phenoxy) is 2. The highest BCUT2D eigenvalue weighted by Gasteiger charge is 2.24. The van der Waals surface area contributed by atoms with E-state index in [1.54, 1.807) is 5.51 Å².